The number of nitrogens with zero attached hydrogens (tertiary/aromatic N) is 2. The smallest absolute Gasteiger partial charge is 0.261 e. The van der Waals surface area contributed by atoms with Crippen LogP contribution in [-0.2, 0) is 0 Å². The molecule has 0 spiro atoms. The third kappa shape index (κ3) is 5.07. The Balaban J connectivity index is 1.67. The van der Waals surface area contributed by atoms with E-state index in [9.17, 15) is 4.79 Å². The second kappa shape index (κ2) is 9.64. The number of aromatic nitrogens is 2. The summed E-state index contributed by atoms with van der Waals surface area (Å²) in [7, 11) is 1.77. The van der Waals surface area contributed by atoms with Crippen LogP contribution in [0, 0.1) is 0 Å². The summed E-state index contributed by atoms with van der Waals surface area (Å²) in [6, 6.07) is 13.2. The molecule has 28 heavy (non-hydrogen) atoms. The molecule has 146 valence electrons. The molecule has 4 N–H and O–H groups in total. The molecule has 1 atom stereocenters. The van der Waals surface area contributed by atoms with Crippen LogP contribution in [0.25, 0.3) is 10.6 Å². The van der Waals surface area contributed by atoms with Gasteiger partial charge in [0.1, 0.15) is 0 Å². The topological polar surface area (TPSA) is 92.9 Å². The van der Waals surface area contributed by atoms with E-state index in [2.05, 4.69) is 20.6 Å². The standard InChI is InChI=1S/C20H22ClN5OS/c1-23-20-24-11-9-16(26-20)17-6-7-18(28-17)19(27)25-12-14(8-10-22)13-2-4-15(21)5-3-13/h2-7,9,11,14H,8,10,12,22H2,1H3,(H,25,27)(H,23,24,26). The molecule has 1 unspecified atom stereocenters. The monoisotopic (exact) mass is 415 g/mol. The lowest BCUT2D eigenvalue weighted by Gasteiger charge is -2.17. The molecule has 0 aliphatic heterocycles. The van der Waals surface area contributed by atoms with Gasteiger partial charge >= 0.3 is 0 Å². The summed E-state index contributed by atoms with van der Waals surface area (Å²) in [6.07, 6.45) is 2.47. The van der Waals surface area contributed by atoms with Gasteiger partial charge in [-0.05, 0) is 48.9 Å². The molecule has 0 fully saturated rings. The number of nitrogens with one attached hydrogen (secondary N) is 2. The molecule has 6 nitrogen and oxygen atoms in total. The van der Waals surface area contributed by atoms with Crippen molar-refractivity contribution < 1.29 is 4.79 Å². The predicted molar refractivity (Wildman–Crippen MR) is 115 cm³/mol. The van der Waals surface area contributed by atoms with Crippen molar-refractivity contribution in [3.05, 3.63) is 64.1 Å². The average Bonchev–Trinajstić information content (AvgIpc) is 3.22. The Kier molecular flexibility index (Phi) is 6.97. The molecule has 3 aromatic rings. The second-order valence-corrected chi connectivity index (χ2v) is 7.74. The van der Waals surface area contributed by atoms with Gasteiger partial charge in [0.15, 0.2) is 0 Å². The minimum absolute atomic E-state index is 0.102. The number of anilines is 1. The zero-order chi connectivity index (χ0) is 19.9. The number of hydrogen-bond acceptors (Lipinski definition) is 6. The summed E-state index contributed by atoms with van der Waals surface area (Å²) in [5.41, 5.74) is 7.65. The average molecular weight is 416 g/mol. The molecule has 0 aliphatic carbocycles. The normalized spacial score (nSPS) is 11.8. The first-order valence-electron chi connectivity index (χ1n) is 8.95. The van der Waals surface area contributed by atoms with E-state index in [0.29, 0.717) is 28.9 Å². The van der Waals surface area contributed by atoms with Crippen molar-refractivity contribution in [2.24, 2.45) is 5.73 Å². The van der Waals surface area contributed by atoms with Crippen LogP contribution >= 0.6 is 22.9 Å². The third-order valence-electron chi connectivity index (χ3n) is 4.33. The Labute approximate surface area is 173 Å². The molecule has 0 bridgehead atoms. The summed E-state index contributed by atoms with van der Waals surface area (Å²) in [5, 5.41) is 6.63. The number of rotatable bonds is 8. The van der Waals surface area contributed by atoms with Crippen LogP contribution in [0.4, 0.5) is 5.95 Å². The first kappa shape index (κ1) is 20.3. The highest BCUT2D eigenvalue weighted by atomic mass is 35.5. The number of benzene rings is 1. The lowest BCUT2D eigenvalue weighted by Crippen LogP contribution is -2.28. The molecular formula is C20H22ClN5OS. The van der Waals surface area contributed by atoms with Gasteiger partial charge in [-0.1, -0.05) is 23.7 Å². The van der Waals surface area contributed by atoms with Gasteiger partial charge in [-0.15, -0.1) is 11.3 Å². The summed E-state index contributed by atoms with van der Waals surface area (Å²) >= 11 is 7.37. The van der Waals surface area contributed by atoms with E-state index in [-0.39, 0.29) is 11.8 Å². The molecule has 0 aliphatic rings. The van der Waals surface area contributed by atoms with Gasteiger partial charge in [-0.25, -0.2) is 9.97 Å². The van der Waals surface area contributed by atoms with Crippen LogP contribution in [0.1, 0.15) is 27.6 Å². The fourth-order valence-corrected chi connectivity index (χ4v) is 3.86. The zero-order valence-corrected chi connectivity index (χ0v) is 17.1. The van der Waals surface area contributed by atoms with E-state index in [1.807, 2.05) is 42.5 Å². The molecule has 2 aromatic heterocycles. The van der Waals surface area contributed by atoms with Crippen LogP contribution in [0.2, 0.25) is 5.02 Å². The zero-order valence-electron chi connectivity index (χ0n) is 15.5. The van der Waals surface area contributed by atoms with E-state index in [1.54, 1.807) is 13.2 Å². The van der Waals surface area contributed by atoms with E-state index < -0.39 is 0 Å². The fourth-order valence-electron chi connectivity index (χ4n) is 2.84. The Morgan fingerprint density at radius 3 is 2.71 bits per heavy atom. The lowest BCUT2D eigenvalue weighted by molar-refractivity contribution is 0.0955. The third-order valence-corrected chi connectivity index (χ3v) is 5.69. The largest absolute Gasteiger partial charge is 0.357 e. The van der Waals surface area contributed by atoms with E-state index in [1.165, 1.54) is 11.3 Å². The molecule has 3 rings (SSSR count). The van der Waals surface area contributed by atoms with Crippen LogP contribution in [0.3, 0.4) is 0 Å². The second-order valence-electron chi connectivity index (χ2n) is 6.22. The Morgan fingerprint density at radius 1 is 1.21 bits per heavy atom. The van der Waals surface area contributed by atoms with Crippen molar-refractivity contribution in [2.45, 2.75) is 12.3 Å². The lowest BCUT2D eigenvalue weighted by atomic mass is 9.95. The minimum atomic E-state index is -0.102. The van der Waals surface area contributed by atoms with E-state index >= 15 is 0 Å². The SMILES string of the molecule is CNc1nccc(-c2ccc(C(=O)NCC(CCN)c3ccc(Cl)cc3)s2)n1. The van der Waals surface area contributed by atoms with Crippen LogP contribution in [0.15, 0.2) is 48.7 Å². The van der Waals surface area contributed by atoms with E-state index in [0.717, 1.165) is 22.6 Å². The van der Waals surface area contributed by atoms with Crippen molar-refractivity contribution in [3.63, 3.8) is 0 Å². The minimum Gasteiger partial charge on any atom is -0.357 e. The number of carbonyl (C=O) groups is 1. The Bertz CT molecular complexity index is 928. The predicted octanol–water partition coefficient (Wildman–Crippen LogP) is 3.76. The van der Waals surface area contributed by atoms with Crippen molar-refractivity contribution in [1.29, 1.82) is 0 Å². The van der Waals surface area contributed by atoms with Gasteiger partial charge in [0.25, 0.3) is 5.91 Å². The highest BCUT2D eigenvalue weighted by Gasteiger charge is 2.15. The quantitative estimate of drug-likeness (QED) is 0.520. The first-order chi connectivity index (χ1) is 13.6. The van der Waals surface area contributed by atoms with Crippen LogP contribution < -0.4 is 16.4 Å². The molecule has 8 heteroatoms. The summed E-state index contributed by atoms with van der Waals surface area (Å²) in [6.45, 7) is 1.07. The number of nitrogens with two attached hydrogens (primary N) is 1. The number of amides is 1. The maximum Gasteiger partial charge on any atom is 0.261 e. The number of halogens is 1. The van der Waals surface area contributed by atoms with Crippen LogP contribution in [0.5, 0.6) is 0 Å². The van der Waals surface area contributed by atoms with Crippen molar-refractivity contribution in [2.75, 3.05) is 25.5 Å². The van der Waals surface area contributed by atoms with Crippen LogP contribution in [-0.4, -0.2) is 36.0 Å². The van der Waals surface area contributed by atoms with Crippen molar-refractivity contribution in [1.82, 2.24) is 15.3 Å². The summed E-state index contributed by atoms with van der Waals surface area (Å²) in [4.78, 5) is 22.7. The fraction of sp³-hybridized carbons (Fsp3) is 0.250. The molecule has 0 saturated carbocycles. The number of carbonyl (C=O) groups excluding carboxylic acids is 1. The number of thiophene rings is 1. The van der Waals surface area contributed by atoms with Gasteiger partial charge in [0.05, 0.1) is 15.4 Å². The molecule has 1 amide bonds. The molecule has 0 radical (unpaired) electrons. The highest BCUT2D eigenvalue weighted by molar-refractivity contribution is 7.17. The van der Waals surface area contributed by atoms with Crippen molar-refractivity contribution in [3.8, 4) is 10.6 Å². The van der Waals surface area contributed by atoms with Crippen molar-refractivity contribution >= 4 is 34.8 Å². The van der Waals surface area contributed by atoms with Gasteiger partial charge in [0, 0.05) is 30.7 Å². The molecule has 1 aromatic carbocycles. The maximum absolute atomic E-state index is 12.6. The van der Waals surface area contributed by atoms with Gasteiger partial charge < -0.3 is 16.4 Å². The molecular weight excluding hydrogens is 394 g/mol. The maximum atomic E-state index is 12.6. The Morgan fingerprint density at radius 2 is 2.00 bits per heavy atom. The summed E-state index contributed by atoms with van der Waals surface area (Å²) in [5.74, 6) is 0.588. The van der Waals surface area contributed by atoms with Gasteiger partial charge in [-0.3, -0.25) is 4.79 Å². The highest BCUT2D eigenvalue weighted by Crippen LogP contribution is 2.27. The Hall–Kier alpha value is -2.48. The molecule has 2 heterocycles. The summed E-state index contributed by atoms with van der Waals surface area (Å²) < 4.78 is 0. The molecule has 0 saturated heterocycles. The number of hydrogen-bond donors (Lipinski definition) is 3. The first-order valence-corrected chi connectivity index (χ1v) is 10.1. The van der Waals surface area contributed by atoms with Gasteiger partial charge in [-0.2, -0.15) is 0 Å². The van der Waals surface area contributed by atoms with E-state index in [4.69, 9.17) is 17.3 Å². The van der Waals surface area contributed by atoms with Gasteiger partial charge in [0.2, 0.25) is 5.95 Å².